The summed E-state index contributed by atoms with van der Waals surface area (Å²) in [6.07, 6.45) is 4.84. The highest BCUT2D eigenvalue weighted by molar-refractivity contribution is 7.99. The molecule has 2 heterocycles. The van der Waals surface area contributed by atoms with Crippen LogP contribution in [-0.2, 0) is 0 Å². The van der Waals surface area contributed by atoms with Crippen molar-refractivity contribution in [1.82, 2.24) is 15.0 Å². The third-order valence-electron chi connectivity index (χ3n) is 2.27. The number of nitrogens with one attached hydrogen (secondary N) is 1. The zero-order valence-corrected chi connectivity index (χ0v) is 12.6. The highest BCUT2D eigenvalue weighted by Gasteiger charge is 2.06. The molecular weight excluding hydrogens is 276 g/mol. The number of nitrogens with zero attached hydrogens (tertiary/aromatic N) is 3. The molecule has 0 spiro atoms. The van der Waals surface area contributed by atoms with Gasteiger partial charge in [0.05, 0.1) is 0 Å². The number of rotatable bonds is 6. The average molecular weight is 292 g/mol. The molecule has 0 aliphatic carbocycles. The molecule has 0 aliphatic rings. The Balaban J connectivity index is 2.19. The largest absolute Gasteiger partial charge is 0.370 e. The normalized spacial score (nSPS) is 10.4. The van der Waals surface area contributed by atoms with Gasteiger partial charge in [-0.25, -0.2) is 15.0 Å². The van der Waals surface area contributed by atoms with Gasteiger partial charge in [0.1, 0.15) is 15.9 Å². The monoisotopic (exact) mass is 292 g/mol. The molecule has 2 rings (SSSR count). The van der Waals surface area contributed by atoms with Crippen LogP contribution in [0, 0.1) is 0 Å². The van der Waals surface area contributed by atoms with Gasteiger partial charge in [0, 0.05) is 18.8 Å². The Labute approximate surface area is 121 Å². The van der Waals surface area contributed by atoms with Crippen molar-refractivity contribution in [1.29, 1.82) is 0 Å². The zero-order valence-electron chi connectivity index (χ0n) is 11.0. The van der Waals surface area contributed by atoms with Crippen LogP contribution in [0.2, 0.25) is 0 Å². The van der Waals surface area contributed by atoms with Gasteiger partial charge in [-0.15, -0.1) is 0 Å². The number of pyridine rings is 1. The van der Waals surface area contributed by atoms with E-state index in [1.807, 2.05) is 30.5 Å². The van der Waals surface area contributed by atoms with Crippen LogP contribution in [0.3, 0.4) is 0 Å². The van der Waals surface area contributed by atoms with Gasteiger partial charge in [-0.2, -0.15) is 0 Å². The summed E-state index contributed by atoms with van der Waals surface area (Å²) < 4.78 is 0. The molecule has 0 atom stereocenters. The predicted molar refractivity (Wildman–Crippen MR) is 81.0 cm³/mol. The molecule has 0 aromatic carbocycles. The predicted octanol–water partition coefficient (Wildman–Crippen LogP) is 3.57. The molecule has 0 bridgehead atoms. The quantitative estimate of drug-likeness (QED) is 0.499. The van der Waals surface area contributed by atoms with E-state index in [0.29, 0.717) is 0 Å². The van der Waals surface area contributed by atoms with Crippen LogP contribution in [0.4, 0.5) is 5.82 Å². The van der Waals surface area contributed by atoms with E-state index in [1.54, 1.807) is 29.7 Å². The van der Waals surface area contributed by atoms with Gasteiger partial charge in [-0.05, 0) is 36.6 Å². The minimum absolute atomic E-state index is 0.777. The summed E-state index contributed by atoms with van der Waals surface area (Å²) >= 11 is 3.09. The van der Waals surface area contributed by atoms with Gasteiger partial charge in [-0.3, -0.25) is 0 Å². The Morgan fingerprint density at radius 2 is 2.11 bits per heavy atom. The molecule has 0 fully saturated rings. The lowest BCUT2D eigenvalue weighted by molar-refractivity contribution is 0.877. The minimum Gasteiger partial charge on any atom is -0.370 e. The van der Waals surface area contributed by atoms with Gasteiger partial charge in [0.15, 0.2) is 5.16 Å². The molecule has 0 aliphatic heterocycles. The van der Waals surface area contributed by atoms with Crippen LogP contribution in [-0.4, -0.2) is 27.8 Å². The van der Waals surface area contributed by atoms with Gasteiger partial charge < -0.3 is 5.32 Å². The maximum atomic E-state index is 4.49. The molecule has 19 heavy (non-hydrogen) atoms. The van der Waals surface area contributed by atoms with Crippen LogP contribution in [0.15, 0.2) is 45.7 Å². The van der Waals surface area contributed by atoms with Crippen molar-refractivity contribution in [2.24, 2.45) is 0 Å². The van der Waals surface area contributed by atoms with Crippen LogP contribution in [0.25, 0.3) is 0 Å². The number of aromatic nitrogens is 3. The van der Waals surface area contributed by atoms with E-state index in [9.17, 15) is 0 Å². The van der Waals surface area contributed by atoms with E-state index in [0.717, 1.165) is 34.0 Å². The van der Waals surface area contributed by atoms with E-state index >= 15 is 0 Å². The van der Waals surface area contributed by atoms with E-state index in [-0.39, 0.29) is 0 Å². The fourth-order valence-corrected chi connectivity index (χ4v) is 2.62. The first-order chi connectivity index (χ1) is 9.31. The Kier molecular flexibility index (Phi) is 5.47. The molecule has 4 nitrogen and oxygen atoms in total. The Morgan fingerprint density at radius 1 is 1.21 bits per heavy atom. The maximum absolute atomic E-state index is 4.49. The Morgan fingerprint density at radius 3 is 2.79 bits per heavy atom. The maximum Gasteiger partial charge on any atom is 0.190 e. The molecule has 0 radical (unpaired) electrons. The van der Waals surface area contributed by atoms with Gasteiger partial charge in [-0.1, -0.05) is 24.8 Å². The van der Waals surface area contributed by atoms with Gasteiger partial charge >= 0.3 is 0 Å². The fraction of sp³-hybridized carbons (Fsp3) is 0.308. The highest BCUT2D eigenvalue weighted by atomic mass is 32.2. The van der Waals surface area contributed by atoms with Crippen molar-refractivity contribution in [2.75, 3.05) is 18.1 Å². The Bertz CT molecular complexity index is 519. The Hall–Kier alpha value is -1.27. The van der Waals surface area contributed by atoms with Crippen molar-refractivity contribution < 1.29 is 0 Å². The fourth-order valence-electron chi connectivity index (χ4n) is 1.41. The van der Waals surface area contributed by atoms with E-state index < -0.39 is 0 Å². The van der Waals surface area contributed by atoms with E-state index in [4.69, 9.17) is 0 Å². The summed E-state index contributed by atoms with van der Waals surface area (Å²) in [5.41, 5.74) is 0. The molecule has 0 unspecified atom stereocenters. The second-order valence-corrected chi connectivity index (χ2v) is 5.59. The van der Waals surface area contributed by atoms with Crippen molar-refractivity contribution in [3.05, 3.63) is 30.5 Å². The van der Waals surface area contributed by atoms with Crippen molar-refractivity contribution >= 4 is 29.3 Å². The summed E-state index contributed by atoms with van der Waals surface area (Å²) in [5.74, 6) is 0.875. The first kappa shape index (κ1) is 14.1. The second-order valence-electron chi connectivity index (χ2n) is 3.77. The molecule has 1 N–H and O–H groups in total. The third kappa shape index (κ3) is 4.40. The SMILES string of the molecule is CCCNc1cc(Sc2ccccn2)nc(SC)n1. The van der Waals surface area contributed by atoms with Gasteiger partial charge in [0.2, 0.25) is 0 Å². The van der Waals surface area contributed by atoms with Crippen molar-refractivity contribution in [2.45, 2.75) is 28.6 Å². The number of hydrogen-bond donors (Lipinski definition) is 1. The molecule has 0 saturated heterocycles. The van der Waals surface area contributed by atoms with Crippen LogP contribution >= 0.6 is 23.5 Å². The molecule has 0 saturated carbocycles. The number of anilines is 1. The summed E-state index contributed by atoms with van der Waals surface area (Å²) in [7, 11) is 0. The first-order valence-electron chi connectivity index (χ1n) is 6.07. The van der Waals surface area contributed by atoms with Gasteiger partial charge in [0.25, 0.3) is 0 Å². The molecule has 0 amide bonds. The van der Waals surface area contributed by atoms with Crippen molar-refractivity contribution in [3.8, 4) is 0 Å². The zero-order chi connectivity index (χ0) is 13.5. The van der Waals surface area contributed by atoms with Crippen LogP contribution in [0.5, 0.6) is 0 Å². The summed E-state index contributed by atoms with van der Waals surface area (Å²) in [6, 6.07) is 7.83. The standard InChI is InChI=1S/C13H16N4S2/c1-3-7-14-10-9-12(17-13(16-10)18-2)19-11-6-4-5-8-15-11/h4-6,8-9H,3,7H2,1-2H3,(H,14,16,17). The third-order valence-corrected chi connectivity index (χ3v) is 3.68. The van der Waals surface area contributed by atoms with E-state index in [2.05, 4.69) is 27.2 Å². The lowest BCUT2D eigenvalue weighted by atomic mass is 10.4. The smallest absolute Gasteiger partial charge is 0.190 e. The second kappa shape index (κ2) is 7.35. The number of hydrogen-bond acceptors (Lipinski definition) is 6. The lowest BCUT2D eigenvalue weighted by Gasteiger charge is -2.07. The molecule has 2 aromatic rings. The molecule has 6 heteroatoms. The summed E-state index contributed by atoms with van der Waals surface area (Å²) in [6.45, 7) is 3.05. The first-order valence-corrected chi connectivity index (χ1v) is 8.11. The topological polar surface area (TPSA) is 50.7 Å². The molecule has 2 aromatic heterocycles. The summed E-state index contributed by atoms with van der Waals surface area (Å²) in [5, 5.41) is 5.93. The highest BCUT2D eigenvalue weighted by Crippen LogP contribution is 2.27. The van der Waals surface area contributed by atoms with E-state index in [1.165, 1.54) is 0 Å². The molecular formula is C13H16N4S2. The summed E-state index contributed by atoms with van der Waals surface area (Å²) in [4.78, 5) is 13.2. The number of thioether (sulfide) groups is 1. The van der Waals surface area contributed by atoms with Crippen LogP contribution < -0.4 is 5.32 Å². The van der Waals surface area contributed by atoms with Crippen molar-refractivity contribution in [3.63, 3.8) is 0 Å². The minimum atomic E-state index is 0.777. The van der Waals surface area contributed by atoms with Crippen LogP contribution in [0.1, 0.15) is 13.3 Å². The lowest BCUT2D eigenvalue weighted by Crippen LogP contribution is -2.03. The average Bonchev–Trinajstić information content (AvgIpc) is 2.46. The molecule has 100 valence electrons.